The van der Waals surface area contributed by atoms with Crippen LogP contribution in [0.5, 0.6) is 0 Å². The van der Waals surface area contributed by atoms with Crippen molar-refractivity contribution in [3.05, 3.63) is 69.2 Å². The lowest BCUT2D eigenvalue weighted by Gasteiger charge is -2.06. The normalized spacial score (nSPS) is 10.2. The van der Waals surface area contributed by atoms with Crippen molar-refractivity contribution in [1.29, 1.82) is 5.26 Å². The lowest BCUT2D eigenvalue weighted by atomic mass is 10.1. The average molecular weight is 291 g/mol. The van der Waals surface area contributed by atoms with E-state index in [1.165, 1.54) is 0 Å². The minimum atomic E-state index is 0.641. The molecule has 1 N–H and O–H groups in total. The average Bonchev–Trinajstić information content (AvgIpc) is 2.38. The molecule has 0 saturated carbocycles. The molecular weight excluding hydrogens is 279 g/mol. The molecule has 0 aliphatic rings. The van der Waals surface area contributed by atoms with Crippen LogP contribution >= 0.6 is 23.2 Å². The highest BCUT2D eigenvalue weighted by molar-refractivity contribution is 6.34. The first-order valence-electron chi connectivity index (χ1n) is 5.82. The smallest absolute Gasteiger partial charge is 0.0991 e. The van der Waals surface area contributed by atoms with Crippen molar-refractivity contribution < 1.29 is 0 Å². The van der Waals surface area contributed by atoms with Gasteiger partial charge in [0.25, 0.3) is 0 Å². The van der Waals surface area contributed by atoms with E-state index in [2.05, 4.69) is 11.4 Å². The Kier molecular flexibility index (Phi) is 4.81. The minimum Gasteiger partial charge on any atom is -0.309 e. The van der Waals surface area contributed by atoms with Crippen LogP contribution in [0.25, 0.3) is 0 Å². The Morgan fingerprint density at radius 3 is 2.05 bits per heavy atom. The van der Waals surface area contributed by atoms with Crippen molar-refractivity contribution in [2.75, 3.05) is 0 Å². The van der Waals surface area contributed by atoms with Crippen molar-refractivity contribution in [1.82, 2.24) is 5.32 Å². The standard InChI is InChI=1S/C15H12Cl2N2/c16-14-5-13(6-15(17)7-14)10-19-9-12-3-1-11(8-18)2-4-12/h1-7,19H,9-10H2. The zero-order chi connectivity index (χ0) is 13.7. The second kappa shape index (κ2) is 6.58. The fourth-order valence-electron chi connectivity index (χ4n) is 1.76. The predicted octanol–water partition coefficient (Wildman–Crippen LogP) is 4.15. The minimum absolute atomic E-state index is 0.641. The molecule has 0 spiro atoms. The van der Waals surface area contributed by atoms with Gasteiger partial charge >= 0.3 is 0 Å². The lowest BCUT2D eigenvalue weighted by molar-refractivity contribution is 0.693. The van der Waals surface area contributed by atoms with E-state index in [9.17, 15) is 0 Å². The molecule has 2 nitrogen and oxygen atoms in total. The lowest BCUT2D eigenvalue weighted by Crippen LogP contribution is -2.12. The molecule has 0 unspecified atom stereocenters. The Bertz CT molecular complexity index is 580. The highest BCUT2D eigenvalue weighted by atomic mass is 35.5. The maximum atomic E-state index is 8.71. The summed E-state index contributed by atoms with van der Waals surface area (Å²) in [6.45, 7) is 1.43. The maximum Gasteiger partial charge on any atom is 0.0991 e. The monoisotopic (exact) mass is 290 g/mol. The molecule has 0 aliphatic heterocycles. The Balaban J connectivity index is 1.90. The van der Waals surface area contributed by atoms with Crippen LogP contribution in [0.15, 0.2) is 42.5 Å². The molecule has 0 atom stereocenters. The van der Waals surface area contributed by atoms with E-state index in [4.69, 9.17) is 28.5 Å². The molecule has 0 radical (unpaired) electrons. The molecule has 0 fully saturated rings. The van der Waals surface area contributed by atoms with Gasteiger partial charge in [0.2, 0.25) is 0 Å². The molecule has 0 amide bonds. The van der Waals surface area contributed by atoms with E-state index < -0.39 is 0 Å². The van der Waals surface area contributed by atoms with E-state index in [1.54, 1.807) is 6.07 Å². The van der Waals surface area contributed by atoms with E-state index in [-0.39, 0.29) is 0 Å². The quantitative estimate of drug-likeness (QED) is 0.918. The van der Waals surface area contributed by atoms with Crippen LogP contribution < -0.4 is 5.32 Å². The second-order valence-corrected chi connectivity index (χ2v) is 5.06. The Morgan fingerprint density at radius 2 is 1.47 bits per heavy atom. The van der Waals surface area contributed by atoms with E-state index >= 15 is 0 Å². The summed E-state index contributed by atoms with van der Waals surface area (Å²) in [6, 6.07) is 15.1. The van der Waals surface area contributed by atoms with Crippen LogP contribution in [0.2, 0.25) is 10.0 Å². The van der Waals surface area contributed by atoms with Gasteiger partial charge in [0.05, 0.1) is 11.6 Å². The molecule has 2 rings (SSSR count). The predicted molar refractivity (Wildman–Crippen MR) is 78.2 cm³/mol. The number of hydrogen-bond acceptors (Lipinski definition) is 2. The molecule has 19 heavy (non-hydrogen) atoms. The summed E-state index contributed by atoms with van der Waals surface area (Å²) in [7, 11) is 0. The number of hydrogen-bond donors (Lipinski definition) is 1. The summed E-state index contributed by atoms with van der Waals surface area (Å²) in [5.41, 5.74) is 2.85. The second-order valence-electron chi connectivity index (χ2n) is 4.19. The number of nitriles is 1. The van der Waals surface area contributed by atoms with Gasteiger partial charge in [0.1, 0.15) is 0 Å². The molecule has 0 aliphatic carbocycles. The summed E-state index contributed by atoms with van der Waals surface area (Å²) in [6.07, 6.45) is 0. The number of halogens is 2. The molecule has 2 aromatic rings. The van der Waals surface area contributed by atoms with Crippen molar-refractivity contribution >= 4 is 23.2 Å². The van der Waals surface area contributed by atoms with Crippen LogP contribution in [-0.2, 0) is 13.1 Å². The first kappa shape index (κ1) is 13.9. The third-order valence-corrected chi connectivity index (χ3v) is 3.10. The molecular formula is C15H12Cl2N2. The highest BCUT2D eigenvalue weighted by Gasteiger charge is 1.99. The van der Waals surface area contributed by atoms with Crippen LogP contribution in [0, 0.1) is 11.3 Å². The number of benzene rings is 2. The van der Waals surface area contributed by atoms with E-state index in [0.717, 1.165) is 17.7 Å². The highest BCUT2D eigenvalue weighted by Crippen LogP contribution is 2.18. The summed E-state index contributed by atoms with van der Waals surface area (Å²) in [5, 5.41) is 13.3. The van der Waals surface area contributed by atoms with Gasteiger partial charge in [0.15, 0.2) is 0 Å². The first-order chi connectivity index (χ1) is 9.17. The maximum absolute atomic E-state index is 8.71. The van der Waals surface area contributed by atoms with Crippen molar-refractivity contribution in [3.63, 3.8) is 0 Å². The summed E-state index contributed by atoms with van der Waals surface area (Å²) in [5.74, 6) is 0. The van der Waals surface area contributed by atoms with Crippen LogP contribution in [0.4, 0.5) is 0 Å². The Morgan fingerprint density at radius 1 is 0.895 bits per heavy atom. The molecule has 0 aromatic heterocycles. The first-order valence-corrected chi connectivity index (χ1v) is 6.58. The van der Waals surface area contributed by atoms with Gasteiger partial charge in [-0.05, 0) is 41.5 Å². The molecule has 0 bridgehead atoms. The third-order valence-electron chi connectivity index (χ3n) is 2.66. The van der Waals surface area contributed by atoms with Gasteiger partial charge in [-0.25, -0.2) is 0 Å². The van der Waals surface area contributed by atoms with E-state index in [0.29, 0.717) is 22.2 Å². The molecule has 0 heterocycles. The fraction of sp³-hybridized carbons (Fsp3) is 0.133. The third kappa shape index (κ3) is 4.25. The van der Waals surface area contributed by atoms with Gasteiger partial charge in [-0.2, -0.15) is 5.26 Å². The van der Waals surface area contributed by atoms with Crippen LogP contribution in [0.1, 0.15) is 16.7 Å². The molecule has 0 saturated heterocycles. The zero-order valence-corrected chi connectivity index (χ0v) is 11.7. The SMILES string of the molecule is N#Cc1ccc(CNCc2cc(Cl)cc(Cl)c2)cc1. The Hall–Kier alpha value is -1.53. The van der Waals surface area contributed by atoms with Crippen LogP contribution in [0.3, 0.4) is 0 Å². The zero-order valence-electron chi connectivity index (χ0n) is 10.2. The fourth-order valence-corrected chi connectivity index (χ4v) is 2.33. The Labute approximate surface area is 122 Å². The molecule has 4 heteroatoms. The summed E-state index contributed by atoms with van der Waals surface area (Å²) < 4.78 is 0. The van der Waals surface area contributed by atoms with Crippen molar-refractivity contribution in [2.45, 2.75) is 13.1 Å². The molecule has 96 valence electrons. The topological polar surface area (TPSA) is 35.8 Å². The van der Waals surface area contributed by atoms with Gasteiger partial charge < -0.3 is 5.32 Å². The summed E-state index contributed by atoms with van der Waals surface area (Å²) in [4.78, 5) is 0. The number of nitrogens with zero attached hydrogens (tertiary/aromatic N) is 1. The summed E-state index contributed by atoms with van der Waals surface area (Å²) >= 11 is 11.9. The van der Waals surface area contributed by atoms with Crippen LogP contribution in [-0.4, -0.2) is 0 Å². The largest absolute Gasteiger partial charge is 0.309 e. The van der Waals surface area contributed by atoms with E-state index in [1.807, 2.05) is 36.4 Å². The number of nitrogens with one attached hydrogen (secondary N) is 1. The van der Waals surface area contributed by atoms with Gasteiger partial charge in [-0.3, -0.25) is 0 Å². The van der Waals surface area contributed by atoms with Gasteiger partial charge in [-0.1, -0.05) is 35.3 Å². The van der Waals surface area contributed by atoms with Gasteiger partial charge in [-0.15, -0.1) is 0 Å². The number of rotatable bonds is 4. The van der Waals surface area contributed by atoms with Crippen molar-refractivity contribution in [3.8, 4) is 6.07 Å². The van der Waals surface area contributed by atoms with Gasteiger partial charge in [0, 0.05) is 23.1 Å². The van der Waals surface area contributed by atoms with Crippen molar-refractivity contribution in [2.24, 2.45) is 0 Å². The molecule has 2 aromatic carbocycles.